The van der Waals surface area contributed by atoms with Crippen LogP contribution in [0, 0.1) is 5.92 Å². The van der Waals surface area contributed by atoms with E-state index in [9.17, 15) is 0 Å². The van der Waals surface area contributed by atoms with E-state index >= 15 is 0 Å². The maximum absolute atomic E-state index is 3.59. The summed E-state index contributed by atoms with van der Waals surface area (Å²) in [6.07, 6.45) is 4.31. The van der Waals surface area contributed by atoms with Gasteiger partial charge in [-0.3, -0.25) is 0 Å². The minimum absolute atomic E-state index is 0.534. The zero-order valence-electron chi connectivity index (χ0n) is 8.12. The van der Waals surface area contributed by atoms with E-state index in [2.05, 4.69) is 29.1 Å². The summed E-state index contributed by atoms with van der Waals surface area (Å²) < 4.78 is 0. The van der Waals surface area contributed by atoms with Crippen molar-refractivity contribution in [2.24, 2.45) is 5.92 Å². The maximum Gasteiger partial charge on any atom is 0.0300 e. The van der Waals surface area contributed by atoms with Gasteiger partial charge in [-0.2, -0.15) is 11.3 Å². The van der Waals surface area contributed by atoms with Crippen LogP contribution in [0.25, 0.3) is 0 Å². The van der Waals surface area contributed by atoms with Gasteiger partial charge < -0.3 is 5.32 Å². The molecule has 1 heterocycles. The molecule has 1 aromatic rings. The van der Waals surface area contributed by atoms with E-state index in [1.54, 1.807) is 11.3 Å². The molecule has 0 aromatic carbocycles. The van der Waals surface area contributed by atoms with Gasteiger partial charge in [0.1, 0.15) is 0 Å². The van der Waals surface area contributed by atoms with Crippen LogP contribution >= 0.6 is 11.3 Å². The standard InChI is InChI=1S/C11H17NS/c1-9(11-5-6-13-8-11)12-7-10-3-2-4-10/h5-6,8-10,12H,2-4,7H2,1H3. The molecule has 1 atom stereocenters. The minimum Gasteiger partial charge on any atom is -0.310 e. The van der Waals surface area contributed by atoms with Gasteiger partial charge >= 0.3 is 0 Å². The van der Waals surface area contributed by atoms with Crippen molar-refractivity contribution in [3.63, 3.8) is 0 Å². The molecule has 1 aromatic heterocycles. The molecular weight excluding hydrogens is 178 g/mol. The number of hydrogen-bond acceptors (Lipinski definition) is 2. The first kappa shape index (κ1) is 9.22. The number of thiophene rings is 1. The third-order valence-electron chi connectivity index (χ3n) is 2.98. The zero-order valence-corrected chi connectivity index (χ0v) is 8.94. The highest BCUT2D eigenvalue weighted by Gasteiger charge is 2.17. The number of nitrogens with one attached hydrogen (secondary N) is 1. The molecule has 0 radical (unpaired) electrons. The van der Waals surface area contributed by atoms with Crippen molar-refractivity contribution in [1.82, 2.24) is 5.32 Å². The van der Waals surface area contributed by atoms with Crippen molar-refractivity contribution in [1.29, 1.82) is 0 Å². The Morgan fingerprint density at radius 2 is 2.46 bits per heavy atom. The summed E-state index contributed by atoms with van der Waals surface area (Å²) in [4.78, 5) is 0. The minimum atomic E-state index is 0.534. The molecule has 72 valence electrons. The van der Waals surface area contributed by atoms with Gasteiger partial charge in [0.15, 0.2) is 0 Å². The van der Waals surface area contributed by atoms with Crippen LogP contribution in [-0.4, -0.2) is 6.54 Å². The van der Waals surface area contributed by atoms with E-state index < -0.39 is 0 Å². The zero-order chi connectivity index (χ0) is 9.10. The highest BCUT2D eigenvalue weighted by molar-refractivity contribution is 7.07. The first-order chi connectivity index (χ1) is 6.36. The van der Waals surface area contributed by atoms with E-state index in [1.807, 2.05) is 0 Å². The van der Waals surface area contributed by atoms with Gasteiger partial charge in [0.05, 0.1) is 0 Å². The molecule has 1 nitrogen and oxygen atoms in total. The summed E-state index contributed by atoms with van der Waals surface area (Å²) in [5, 5.41) is 7.98. The molecule has 2 rings (SSSR count). The largest absolute Gasteiger partial charge is 0.310 e. The predicted molar refractivity (Wildman–Crippen MR) is 58.1 cm³/mol. The summed E-state index contributed by atoms with van der Waals surface area (Å²) in [5.74, 6) is 0.959. The first-order valence-corrected chi connectivity index (χ1v) is 6.06. The SMILES string of the molecule is CC(NCC1CCC1)c1ccsc1. The lowest BCUT2D eigenvalue weighted by Crippen LogP contribution is -2.29. The van der Waals surface area contributed by atoms with Crippen molar-refractivity contribution < 1.29 is 0 Å². The summed E-state index contributed by atoms with van der Waals surface area (Å²) in [6.45, 7) is 3.46. The lowest BCUT2D eigenvalue weighted by atomic mass is 9.85. The van der Waals surface area contributed by atoms with E-state index in [-0.39, 0.29) is 0 Å². The van der Waals surface area contributed by atoms with Gasteiger partial charge in [-0.15, -0.1) is 0 Å². The Hall–Kier alpha value is -0.340. The van der Waals surface area contributed by atoms with Gasteiger partial charge in [0.2, 0.25) is 0 Å². The maximum atomic E-state index is 3.59. The molecule has 1 saturated carbocycles. The Bertz CT molecular complexity index is 239. The Balaban J connectivity index is 1.74. The van der Waals surface area contributed by atoms with Crippen LogP contribution in [0.5, 0.6) is 0 Å². The van der Waals surface area contributed by atoms with Gasteiger partial charge in [0, 0.05) is 6.04 Å². The van der Waals surface area contributed by atoms with Crippen molar-refractivity contribution >= 4 is 11.3 Å². The smallest absolute Gasteiger partial charge is 0.0300 e. The van der Waals surface area contributed by atoms with Gasteiger partial charge in [0.25, 0.3) is 0 Å². The van der Waals surface area contributed by atoms with Crippen LogP contribution in [0.4, 0.5) is 0 Å². The van der Waals surface area contributed by atoms with Crippen LogP contribution in [0.15, 0.2) is 16.8 Å². The molecule has 1 fully saturated rings. The van der Waals surface area contributed by atoms with Crippen LogP contribution in [-0.2, 0) is 0 Å². The van der Waals surface area contributed by atoms with Crippen molar-refractivity contribution in [2.45, 2.75) is 32.2 Å². The van der Waals surface area contributed by atoms with E-state index in [0.717, 1.165) is 5.92 Å². The summed E-state index contributed by atoms with van der Waals surface area (Å²) in [7, 11) is 0. The van der Waals surface area contributed by atoms with Crippen LogP contribution < -0.4 is 5.32 Å². The third kappa shape index (κ3) is 2.32. The Morgan fingerprint density at radius 1 is 1.62 bits per heavy atom. The molecule has 1 unspecified atom stereocenters. The van der Waals surface area contributed by atoms with Crippen molar-refractivity contribution in [3.05, 3.63) is 22.4 Å². The highest BCUT2D eigenvalue weighted by atomic mass is 32.1. The van der Waals surface area contributed by atoms with Crippen LogP contribution in [0.1, 0.15) is 37.8 Å². The highest BCUT2D eigenvalue weighted by Crippen LogP contribution is 2.26. The molecule has 1 aliphatic carbocycles. The molecular formula is C11H17NS. The Kier molecular flexibility index (Phi) is 3.01. The topological polar surface area (TPSA) is 12.0 Å². The quantitative estimate of drug-likeness (QED) is 0.778. The fourth-order valence-corrected chi connectivity index (χ4v) is 2.43. The lowest BCUT2D eigenvalue weighted by molar-refractivity contribution is 0.292. The molecule has 0 spiro atoms. The van der Waals surface area contributed by atoms with Crippen LogP contribution in [0.3, 0.4) is 0 Å². The van der Waals surface area contributed by atoms with Gasteiger partial charge in [-0.25, -0.2) is 0 Å². The molecule has 1 aliphatic rings. The fourth-order valence-electron chi connectivity index (χ4n) is 1.68. The average molecular weight is 195 g/mol. The van der Waals surface area contributed by atoms with E-state index in [4.69, 9.17) is 0 Å². The summed E-state index contributed by atoms with van der Waals surface area (Å²) >= 11 is 1.78. The molecule has 13 heavy (non-hydrogen) atoms. The normalized spacial score (nSPS) is 19.8. The first-order valence-electron chi connectivity index (χ1n) is 5.12. The third-order valence-corrected chi connectivity index (χ3v) is 3.68. The van der Waals surface area contributed by atoms with Gasteiger partial charge in [-0.05, 0) is 54.6 Å². The monoisotopic (exact) mass is 195 g/mol. The fraction of sp³-hybridized carbons (Fsp3) is 0.636. The lowest BCUT2D eigenvalue weighted by Gasteiger charge is -2.27. The van der Waals surface area contributed by atoms with Crippen molar-refractivity contribution in [3.8, 4) is 0 Å². The van der Waals surface area contributed by atoms with Gasteiger partial charge in [-0.1, -0.05) is 6.42 Å². The molecule has 1 N–H and O–H groups in total. The Labute approximate surface area is 84.2 Å². The molecule has 0 aliphatic heterocycles. The molecule has 2 heteroatoms. The second-order valence-electron chi connectivity index (χ2n) is 3.98. The summed E-state index contributed by atoms with van der Waals surface area (Å²) in [6, 6.07) is 2.75. The van der Waals surface area contributed by atoms with Crippen molar-refractivity contribution in [2.75, 3.05) is 6.54 Å². The van der Waals surface area contributed by atoms with E-state index in [1.165, 1.54) is 31.4 Å². The second-order valence-corrected chi connectivity index (χ2v) is 4.76. The molecule has 0 saturated heterocycles. The number of rotatable bonds is 4. The summed E-state index contributed by atoms with van der Waals surface area (Å²) in [5.41, 5.74) is 1.43. The van der Waals surface area contributed by atoms with Crippen LogP contribution in [0.2, 0.25) is 0 Å². The Morgan fingerprint density at radius 3 is 3.00 bits per heavy atom. The molecule has 0 amide bonds. The number of hydrogen-bond donors (Lipinski definition) is 1. The predicted octanol–water partition coefficient (Wildman–Crippen LogP) is 3.20. The second kappa shape index (κ2) is 4.25. The molecule has 0 bridgehead atoms. The average Bonchev–Trinajstić information content (AvgIpc) is 2.52. The van der Waals surface area contributed by atoms with E-state index in [0.29, 0.717) is 6.04 Å².